The van der Waals surface area contributed by atoms with E-state index in [1.165, 1.54) is 0 Å². The van der Waals surface area contributed by atoms with E-state index in [2.05, 4.69) is 0 Å². The summed E-state index contributed by atoms with van der Waals surface area (Å²) in [5, 5.41) is 17.6. The largest absolute Gasteiger partial charge is 0.481 e. The molecule has 6 heteroatoms. The maximum Gasteiger partial charge on any atom is 0.314 e. The van der Waals surface area contributed by atoms with Crippen LogP contribution < -0.4 is 0 Å². The number of rotatable bonds is 4. The molecule has 0 saturated heterocycles. The van der Waals surface area contributed by atoms with Crippen molar-refractivity contribution >= 4 is 15.8 Å². The zero-order chi connectivity index (χ0) is 14.4. The SMILES string of the molecule is Cc1ccc([C@@H]2[C@@H](S(C)(=O)=O)[C@]2(CO)C(=O)O)cc1. The van der Waals surface area contributed by atoms with E-state index < -0.39 is 39.0 Å². The fourth-order valence-corrected chi connectivity index (χ4v) is 4.69. The van der Waals surface area contributed by atoms with Gasteiger partial charge in [0.25, 0.3) is 0 Å². The zero-order valence-electron chi connectivity index (χ0n) is 10.7. The molecule has 0 unspecified atom stereocenters. The predicted octanol–water partition coefficient (Wildman–Crippen LogP) is 0.569. The van der Waals surface area contributed by atoms with Gasteiger partial charge in [-0.3, -0.25) is 4.79 Å². The Hall–Kier alpha value is -1.40. The van der Waals surface area contributed by atoms with Gasteiger partial charge in [0.05, 0.1) is 11.9 Å². The molecule has 1 saturated carbocycles. The molecule has 0 radical (unpaired) electrons. The molecule has 2 N–H and O–H groups in total. The number of aliphatic carboxylic acids is 1. The van der Waals surface area contributed by atoms with Crippen LogP contribution in [0.15, 0.2) is 24.3 Å². The van der Waals surface area contributed by atoms with Crippen molar-refractivity contribution < 1.29 is 23.4 Å². The van der Waals surface area contributed by atoms with Gasteiger partial charge in [-0.15, -0.1) is 0 Å². The van der Waals surface area contributed by atoms with Gasteiger partial charge in [0.15, 0.2) is 9.84 Å². The maximum absolute atomic E-state index is 11.7. The molecule has 104 valence electrons. The minimum absolute atomic E-state index is 0.637. The Balaban J connectivity index is 2.50. The second-order valence-electron chi connectivity index (χ2n) is 5.14. The highest BCUT2D eigenvalue weighted by atomic mass is 32.2. The summed E-state index contributed by atoms with van der Waals surface area (Å²) in [6.07, 6.45) is 1.01. The Kier molecular flexibility index (Phi) is 3.18. The van der Waals surface area contributed by atoms with Gasteiger partial charge < -0.3 is 10.2 Å². The van der Waals surface area contributed by atoms with Crippen LogP contribution in [0.2, 0.25) is 0 Å². The third-order valence-corrected chi connectivity index (χ3v) is 5.43. The molecular formula is C13H16O5S. The van der Waals surface area contributed by atoms with Crippen LogP contribution in [0.3, 0.4) is 0 Å². The van der Waals surface area contributed by atoms with Crippen LogP contribution in [0.4, 0.5) is 0 Å². The Morgan fingerprint density at radius 2 is 1.84 bits per heavy atom. The summed E-state index contributed by atoms with van der Waals surface area (Å²) in [5.41, 5.74) is 0.0331. The molecule has 0 aromatic heterocycles. The van der Waals surface area contributed by atoms with Crippen LogP contribution in [-0.4, -0.2) is 42.7 Å². The summed E-state index contributed by atoms with van der Waals surface area (Å²) in [7, 11) is -3.54. The second kappa shape index (κ2) is 4.31. The smallest absolute Gasteiger partial charge is 0.314 e. The number of carbonyl (C=O) groups is 1. The molecule has 1 aliphatic carbocycles. The van der Waals surface area contributed by atoms with Gasteiger partial charge in [-0.25, -0.2) is 8.42 Å². The first kappa shape index (κ1) is 14.0. The number of benzene rings is 1. The van der Waals surface area contributed by atoms with Crippen molar-refractivity contribution in [3.05, 3.63) is 35.4 Å². The monoisotopic (exact) mass is 284 g/mol. The lowest BCUT2D eigenvalue weighted by Crippen LogP contribution is -2.27. The van der Waals surface area contributed by atoms with E-state index in [0.29, 0.717) is 5.56 Å². The number of aliphatic hydroxyl groups is 1. The number of carboxylic acids is 1. The molecule has 1 aliphatic rings. The van der Waals surface area contributed by atoms with Crippen LogP contribution in [0.25, 0.3) is 0 Å². The van der Waals surface area contributed by atoms with Gasteiger partial charge in [0, 0.05) is 12.2 Å². The third kappa shape index (κ3) is 2.04. The molecule has 3 atom stereocenters. The first-order valence-corrected chi connectivity index (χ1v) is 7.80. The van der Waals surface area contributed by atoms with Gasteiger partial charge in [-0.1, -0.05) is 29.8 Å². The molecule has 0 heterocycles. The van der Waals surface area contributed by atoms with Crippen LogP contribution in [0.1, 0.15) is 17.0 Å². The second-order valence-corrected chi connectivity index (χ2v) is 7.31. The van der Waals surface area contributed by atoms with E-state index in [-0.39, 0.29) is 0 Å². The van der Waals surface area contributed by atoms with Gasteiger partial charge >= 0.3 is 5.97 Å². The topological polar surface area (TPSA) is 91.7 Å². The molecular weight excluding hydrogens is 268 g/mol. The average molecular weight is 284 g/mol. The van der Waals surface area contributed by atoms with Gasteiger partial charge in [-0.05, 0) is 12.5 Å². The number of sulfone groups is 1. The van der Waals surface area contributed by atoms with Crippen molar-refractivity contribution in [1.29, 1.82) is 0 Å². The Labute approximate surface area is 111 Å². The fraction of sp³-hybridized carbons (Fsp3) is 0.462. The van der Waals surface area contributed by atoms with Crippen LogP contribution in [0.5, 0.6) is 0 Å². The summed E-state index contributed by atoms with van der Waals surface area (Å²) in [6, 6.07) is 7.05. The Bertz CT molecular complexity index is 604. The molecule has 1 fully saturated rings. The van der Waals surface area contributed by atoms with Gasteiger partial charge in [0.1, 0.15) is 5.41 Å². The summed E-state index contributed by atoms with van der Waals surface area (Å²) in [5.74, 6) is -1.96. The molecule has 1 aromatic carbocycles. The van der Waals surface area contributed by atoms with Crippen LogP contribution in [0, 0.1) is 12.3 Å². The highest BCUT2D eigenvalue weighted by Gasteiger charge is 2.74. The predicted molar refractivity (Wildman–Crippen MR) is 69.7 cm³/mol. The van der Waals surface area contributed by atoms with E-state index in [1.54, 1.807) is 24.3 Å². The Morgan fingerprint density at radius 3 is 2.16 bits per heavy atom. The van der Waals surface area contributed by atoms with E-state index in [1.807, 2.05) is 6.92 Å². The van der Waals surface area contributed by atoms with Gasteiger partial charge in [0.2, 0.25) is 0 Å². The highest BCUT2D eigenvalue weighted by Crippen LogP contribution is 2.62. The first-order chi connectivity index (χ1) is 8.75. The lowest BCUT2D eigenvalue weighted by molar-refractivity contribution is -0.145. The third-order valence-electron chi connectivity index (χ3n) is 3.81. The lowest BCUT2D eigenvalue weighted by Gasteiger charge is -2.08. The van der Waals surface area contributed by atoms with Crippen molar-refractivity contribution in [1.82, 2.24) is 0 Å². The van der Waals surface area contributed by atoms with Crippen molar-refractivity contribution in [2.24, 2.45) is 5.41 Å². The van der Waals surface area contributed by atoms with Crippen molar-refractivity contribution in [3.8, 4) is 0 Å². The van der Waals surface area contributed by atoms with Crippen molar-refractivity contribution in [2.45, 2.75) is 18.1 Å². The van der Waals surface area contributed by atoms with E-state index >= 15 is 0 Å². The minimum atomic E-state index is -3.54. The quantitative estimate of drug-likeness (QED) is 0.843. The normalized spacial score (nSPS) is 30.1. The molecule has 0 bridgehead atoms. The number of carboxylic acid groups (broad SMARTS) is 1. The molecule has 5 nitrogen and oxygen atoms in total. The zero-order valence-corrected chi connectivity index (χ0v) is 11.5. The molecule has 1 aromatic rings. The summed E-state index contributed by atoms with van der Waals surface area (Å²) in [6.45, 7) is 1.21. The van der Waals surface area contributed by atoms with E-state index in [9.17, 15) is 23.4 Å². The van der Waals surface area contributed by atoms with Crippen molar-refractivity contribution in [3.63, 3.8) is 0 Å². The number of hydrogen-bond acceptors (Lipinski definition) is 4. The summed E-state index contributed by atoms with van der Waals surface area (Å²) in [4.78, 5) is 11.4. The molecule has 19 heavy (non-hydrogen) atoms. The summed E-state index contributed by atoms with van der Waals surface area (Å²) < 4.78 is 23.5. The van der Waals surface area contributed by atoms with E-state index in [0.717, 1.165) is 11.8 Å². The van der Waals surface area contributed by atoms with Crippen LogP contribution in [-0.2, 0) is 14.6 Å². The van der Waals surface area contributed by atoms with E-state index in [4.69, 9.17) is 0 Å². The first-order valence-electron chi connectivity index (χ1n) is 5.85. The number of aliphatic hydroxyl groups excluding tert-OH is 1. The van der Waals surface area contributed by atoms with Gasteiger partial charge in [-0.2, -0.15) is 0 Å². The number of aryl methyl sites for hydroxylation is 1. The van der Waals surface area contributed by atoms with Crippen LogP contribution >= 0.6 is 0 Å². The Morgan fingerprint density at radius 1 is 1.32 bits per heavy atom. The highest BCUT2D eigenvalue weighted by molar-refractivity contribution is 7.91. The molecule has 0 spiro atoms. The average Bonchev–Trinajstić information content (AvgIpc) is 3.00. The standard InChI is InChI=1S/C13H16O5S/c1-8-3-5-9(6-4-8)10-11(19(2,17)18)13(10,7-14)12(15)16/h3-6,10-11,14H,7H2,1-2H3,(H,15,16)/t10-,11-,13-/m1/s1. The lowest BCUT2D eigenvalue weighted by atomic mass is 9.99. The molecule has 0 amide bonds. The minimum Gasteiger partial charge on any atom is -0.481 e. The molecule has 2 rings (SSSR count). The molecule has 0 aliphatic heterocycles. The maximum atomic E-state index is 11.7. The summed E-state index contributed by atoms with van der Waals surface area (Å²) >= 11 is 0. The fourth-order valence-electron chi connectivity index (χ4n) is 2.79. The van der Waals surface area contributed by atoms with Crippen molar-refractivity contribution in [2.75, 3.05) is 12.9 Å². The number of hydrogen-bond donors (Lipinski definition) is 2.